The number of piperidine rings is 1. The van der Waals surface area contributed by atoms with E-state index in [9.17, 15) is 14.4 Å². The van der Waals surface area contributed by atoms with Gasteiger partial charge in [0.05, 0.1) is 24.4 Å². The number of likely N-dealkylation sites (tertiary alicyclic amines) is 1. The Morgan fingerprint density at radius 2 is 1.77 bits per heavy atom. The molecular weight excluding hydrogens is 441 g/mol. The van der Waals surface area contributed by atoms with Gasteiger partial charge in [-0.15, -0.1) is 0 Å². The van der Waals surface area contributed by atoms with Crippen molar-refractivity contribution >= 4 is 46.7 Å². The summed E-state index contributed by atoms with van der Waals surface area (Å²) in [5.41, 5.74) is 0.985. The fourth-order valence-electron chi connectivity index (χ4n) is 3.46. The van der Waals surface area contributed by atoms with E-state index < -0.39 is 6.09 Å². The lowest BCUT2D eigenvalue weighted by Gasteiger charge is -2.31. The molecule has 3 rings (SSSR count). The molecule has 0 spiro atoms. The highest BCUT2D eigenvalue weighted by atomic mass is 35.5. The molecule has 31 heavy (non-hydrogen) atoms. The molecule has 1 saturated heterocycles. The monoisotopic (exact) mass is 463 g/mol. The largest absolute Gasteiger partial charge is 0.453 e. The van der Waals surface area contributed by atoms with E-state index in [2.05, 4.69) is 15.4 Å². The number of amides is 2. The van der Waals surface area contributed by atoms with E-state index in [4.69, 9.17) is 23.2 Å². The minimum Gasteiger partial charge on any atom is -0.453 e. The molecule has 0 aromatic heterocycles. The van der Waals surface area contributed by atoms with Crippen molar-refractivity contribution in [3.05, 3.63) is 63.6 Å². The molecule has 0 bridgehead atoms. The highest BCUT2D eigenvalue weighted by Crippen LogP contribution is 2.26. The first-order chi connectivity index (χ1) is 14.9. The lowest BCUT2D eigenvalue weighted by molar-refractivity contribution is -0.117. The van der Waals surface area contributed by atoms with Crippen LogP contribution in [0.25, 0.3) is 0 Å². The zero-order valence-corrected chi connectivity index (χ0v) is 18.5. The molecule has 0 saturated carbocycles. The van der Waals surface area contributed by atoms with Crippen LogP contribution in [0.4, 0.5) is 10.5 Å². The van der Waals surface area contributed by atoms with E-state index in [0.29, 0.717) is 34.4 Å². The third kappa shape index (κ3) is 6.19. The predicted octanol–water partition coefficient (Wildman–Crippen LogP) is 3.98. The van der Waals surface area contributed by atoms with Crippen LogP contribution in [0.3, 0.4) is 0 Å². The summed E-state index contributed by atoms with van der Waals surface area (Å²) < 4.78 is 4.62. The number of nitrogens with zero attached hydrogens (tertiary/aromatic N) is 1. The second-order valence-electron chi connectivity index (χ2n) is 7.23. The second-order valence-corrected chi connectivity index (χ2v) is 8.08. The molecule has 0 radical (unpaired) electrons. The van der Waals surface area contributed by atoms with Gasteiger partial charge in [0.1, 0.15) is 0 Å². The highest BCUT2D eigenvalue weighted by Gasteiger charge is 2.23. The topological polar surface area (TPSA) is 87.7 Å². The normalized spacial score (nSPS) is 14.7. The Bertz CT molecular complexity index is 975. The van der Waals surface area contributed by atoms with Crippen LogP contribution in [0.5, 0.6) is 0 Å². The van der Waals surface area contributed by atoms with Gasteiger partial charge in [0.15, 0.2) is 5.78 Å². The first kappa shape index (κ1) is 23.1. The van der Waals surface area contributed by atoms with E-state index in [1.165, 1.54) is 13.2 Å². The number of rotatable bonds is 6. The first-order valence-electron chi connectivity index (χ1n) is 9.83. The van der Waals surface area contributed by atoms with Crippen LogP contribution < -0.4 is 10.6 Å². The third-order valence-corrected chi connectivity index (χ3v) is 5.65. The number of halogens is 2. The second kappa shape index (κ2) is 10.6. The van der Waals surface area contributed by atoms with Crippen molar-refractivity contribution in [1.82, 2.24) is 10.2 Å². The highest BCUT2D eigenvalue weighted by molar-refractivity contribution is 6.36. The van der Waals surface area contributed by atoms with E-state index in [0.717, 1.165) is 12.8 Å². The van der Waals surface area contributed by atoms with E-state index in [1.54, 1.807) is 36.4 Å². The Labute approximate surface area is 190 Å². The molecule has 0 atom stereocenters. The number of hydrogen-bond acceptors (Lipinski definition) is 5. The predicted molar refractivity (Wildman–Crippen MR) is 120 cm³/mol. The van der Waals surface area contributed by atoms with Crippen molar-refractivity contribution < 1.29 is 19.1 Å². The molecule has 9 heteroatoms. The summed E-state index contributed by atoms with van der Waals surface area (Å²) in [5, 5.41) is 6.30. The quantitative estimate of drug-likeness (QED) is 0.632. The molecule has 1 fully saturated rings. The number of carbonyl (C=O) groups is 3. The number of ketones is 1. The van der Waals surface area contributed by atoms with Crippen molar-refractivity contribution in [3.63, 3.8) is 0 Å². The minimum atomic E-state index is -0.449. The van der Waals surface area contributed by atoms with Gasteiger partial charge in [0, 0.05) is 35.3 Å². The summed E-state index contributed by atoms with van der Waals surface area (Å²) in [5.74, 6) is -0.562. The van der Waals surface area contributed by atoms with E-state index in [1.807, 2.05) is 4.90 Å². The number of anilines is 1. The smallest absolute Gasteiger partial charge is 0.407 e. The third-order valence-electron chi connectivity index (χ3n) is 5.08. The number of benzene rings is 2. The summed E-state index contributed by atoms with van der Waals surface area (Å²) >= 11 is 12.3. The van der Waals surface area contributed by atoms with E-state index in [-0.39, 0.29) is 29.8 Å². The molecule has 1 heterocycles. The number of nitrogens with one attached hydrogen (secondary N) is 2. The fourth-order valence-corrected chi connectivity index (χ4v) is 3.85. The zero-order valence-electron chi connectivity index (χ0n) is 17.0. The Hall–Kier alpha value is -2.61. The maximum absolute atomic E-state index is 13.0. The molecule has 2 N–H and O–H groups in total. The number of carbonyl (C=O) groups excluding carboxylic acids is 3. The number of alkyl carbamates (subject to hydrolysis) is 1. The van der Waals surface area contributed by atoms with Gasteiger partial charge < -0.3 is 15.4 Å². The van der Waals surface area contributed by atoms with Crippen LogP contribution in [0, 0.1) is 0 Å². The summed E-state index contributed by atoms with van der Waals surface area (Å²) in [7, 11) is 1.33. The number of ether oxygens (including phenoxy) is 1. The molecule has 0 aliphatic carbocycles. The van der Waals surface area contributed by atoms with Gasteiger partial charge in [-0.1, -0.05) is 35.3 Å². The van der Waals surface area contributed by atoms with Gasteiger partial charge in [-0.05, 0) is 43.2 Å². The van der Waals surface area contributed by atoms with Crippen molar-refractivity contribution in [2.24, 2.45) is 0 Å². The van der Waals surface area contributed by atoms with E-state index >= 15 is 0 Å². The average molecular weight is 464 g/mol. The summed E-state index contributed by atoms with van der Waals surface area (Å²) in [6.45, 7) is 1.50. The molecule has 1 aliphatic rings. The molecular formula is C22H23Cl2N3O4. The first-order valence-corrected chi connectivity index (χ1v) is 10.6. The van der Waals surface area contributed by atoms with Gasteiger partial charge in [0.2, 0.25) is 5.91 Å². The number of methoxy groups -OCH3 is 1. The van der Waals surface area contributed by atoms with Crippen LogP contribution in [0.1, 0.15) is 28.8 Å². The zero-order chi connectivity index (χ0) is 22.4. The number of hydrogen-bond donors (Lipinski definition) is 2. The van der Waals surface area contributed by atoms with Gasteiger partial charge >= 0.3 is 6.09 Å². The molecule has 7 nitrogen and oxygen atoms in total. The van der Waals surface area contributed by atoms with Gasteiger partial charge in [-0.3, -0.25) is 14.5 Å². The fraction of sp³-hybridized carbons (Fsp3) is 0.318. The maximum Gasteiger partial charge on any atom is 0.407 e. The van der Waals surface area contributed by atoms with Crippen molar-refractivity contribution in [3.8, 4) is 0 Å². The van der Waals surface area contributed by atoms with Crippen LogP contribution in [0.2, 0.25) is 10.0 Å². The maximum atomic E-state index is 13.0. The lowest BCUT2D eigenvalue weighted by Crippen LogP contribution is -2.46. The summed E-state index contributed by atoms with van der Waals surface area (Å²) in [6, 6.07) is 11.5. The Balaban J connectivity index is 1.64. The summed E-state index contributed by atoms with van der Waals surface area (Å²) in [4.78, 5) is 39.0. The minimum absolute atomic E-state index is 0.0304. The van der Waals surface area contributed by atoms with Crippen LogP contribution in [-0.2, 0) is 9.53 Å². The van der Waals surface area contributed by atoms with Crippen LogP contribution in [0.15, 0.2) is 42.5 Å². The van der Waals surface area contributed by atoms with Crippen molar-refractivity contribution in [2.45, 2.75) is 18.9 Å². The molecule has 2 aromatic rings. The average Bonchev–Trinajstić information content (AvgIpc) is 2.76. The Morgan fingerprint density at radius 1 is 1.06 bits per heavy atom. The van der Waals surface area contributed by atoms with Gasteiger partial charge in [-0.25, -0.2) is 4.79 Å². The summed E-state index contributed by atoms with van der Waals surface area (Å²) in [6.07, 6.45) is 0.994. The molecule has 1 aliphatic heterocycles. The van der Waals surface area contributed by atoms with Crippen LogP contribution >= 0.6 is 23.2 Å². The molecule has 164 valence electrons. The molecule has 0 unspecified atom stereocenters. The Morgan fingerprint density at radius 3 is 2.45 bits per heavy atom. The van der Waals surface area contributed by atoms with Crippen LogP contribution in [-0.4, -0.2) is 55.5 Å². The van der Waals surface area contributed by atoms with Crippen molar-refractivity contribution in [2.75, 3.05) is 32.1 Å². The van der Waals surface area contributed by atoms with Crippen molar-refractivity contribution in [1.29, 1.82) is 0 Å². The van der Waals surface area contributed by atoms with Gasteiger partial charge in [0.25, 0.3) is 0 Å². The standard InChI is InChI=1S/C22H23Cl2N3O4/c1-31-22(30)25-15-8-10-27(11-9-15)13-20(28)26-19-7-6-14(23)12-17(19)21(29)16-4-2-3-5-18(16)24/h2-7,12,15H,8-11,13H2,1H3,(H,25,30)(H,26,28). The Kier molecular flexibility index (Phi) is 7.90. The molecule has 2 aromatic carbocycles. The van der Waals surface area contributed by atoms with Gasteiger partial charge in [-0.2, -0.15) is 0 Å². The SMILES string of the molecule is COC(=O)NC1CCN(CC(=O)Nc2ccc(Cl)cc2C(=O)c2ccccc2Cl)CC1. The molecule has 2 amide bonds. The lowest BCUT2D eigenvalue weighted by atomic mass is 10.0.